The molecule has 2 aromatic rings. The summed E-state index contributed by atoms with van der Waals surface area (Å²) in [6, 6.07) is 17.5. The van der Waals surface area contributed by atoms with Crippen molar-refractivity contribution >= 4 is 23.6 Å². The standard InChI is InChI=1S/C22H24N2O2/c1-17-7-9-18(10-8-17)11-12-21(25)24-15-13-19(14-16-24)22(26)23-20-5-3-2-4-6-20/h2-12,19H,13-16H2,1H3,(H,23,26)/b12-11+. The second-order valence-electron chi connectivity index (χ2n) is 6.70. The third-order valence-electron chi connectivity index (χ3n) is 4.71. The fourth-order valence-electron chi connectivity index (χ4n) is 3.08. The van der Waals surface area contributed by atoms with Crippen molar-refractivity contribution in [2.75, 3.05) is 18.4 Å². The summed E-state index contributed by atoms with van der Waals surface area (Å²) in [4.78, 5) is 26.5. The smallest absolute Gasteiger partial charge is 0.246 e. The predicted octanol–water partition coefficient (Wildman–Crippen LogP) is 3.89. The molecule has 1 aliphatic heterocycles. The van der Waals surface area contributed by atoms with E-state index in [1.54, 1.807) is 6.08 Å². The highest BCUT2D eigenvalue weighted by Gasteiger charge is 2.26. The van der Waals surface area contributed by atoms with Gasteiger partial charge < -0.3 is 10.2 Å². The summed E-state index contributed by atoms with van der Waals surface area (Å²) >= 11 is 0. The summed E-state index contributed by atoms with van der Waals surface area (Å²) in [5.74, 6) is 0.00585. The van der Waals surface area contributed by atoms with Crippen LogP contribution in [-0.2, 0) is 9.59 Å². The first-order chi connectivity index (χ1) is 12.6. The molecule has 4 heteroatoms. The number of rotatable bonds is 4. The van der Waals surface area contributed by atoms with Gasteiger partial charge in [0.25, 0.3) is 0 Å². The number of nitrogens with one attached hydrogen (secondary N) is 1. The maximum atomic E-state index is 12.4. The zero-order valence-corrected chi connectivity index (χ0v) is 15.0. The van der Waals surface area contributed by atoms with Crippen molar-refractivity contribution in [3.63, 3.8) is 0 Å². The molecular formula is C22H24N2O2. The van der Waals surface area contributed by atoms with E-state index >= 15 is 0 Å². The number of hydrogen-bond acceptors (Lipinski definition) is 2. The largest absolute Gasteiger partial charge is 0.339 e. The maximum absolute atomic E-state index is 12.4. The van der Waals surface area contributed by atoms with Crippen LogP contribution in [0.2, 0.25) is 0 Å². The Morgan fingerprint density at radius 3 is 2.31 bits per heavy atom. The Labute approximate surface area is 154 Å². The molecular weight excluding hydrogens is 324 g/mol. The lowest BCUT2D eigenvalue weighted by molar-refractivity contribution is -0.130. The Kier molecular flexibility index (Phi) is 5.84. The lowest BCUT2D eigenvalue weighted by Crippen LogP contribution is -2.40. The van der Waals surface area contributed by atoms with Gasteiger partial charge in [-0.25, -0.2) is 0 Å². The van der Waals surface area contributed by atoms with E-state index in [1.165, 1.54) is 5.56 Å². The first-order valence-corrected chi connectivity index (χ1v) is 9.01. The van der Waals surface area contributed by atoms with Crippen LogP contribution in [0, 0.1) is 12.8 Å². The van der Waals surface area contributed by atoms with Gasteiger partial charge in [0.15, 0.2) is 0 Å². The van der Waals surface area contributed by atoms with Crippen LogP contribution in [0.5, 0.6) is 0 Å². The minimum absolute atomic E-state index is 0.00694. The van der Waals surface area contributed by atoms with Gasteiger partial charge in [-0.3, -0.25) is 9.59 Å². The molecule has 2 aromatic carbocycles. The lowest BCUT2D eigenvalue weighted by atomic mass is 9.95. The Morgan fingerprint density at radius 2 is 1.65 bits per heavy atom. The summed E-state index contributed by atoms with van der Waals surface area (Å²) in [6.45, 7) is 3.27. The Balaban J connectivity index is 1.49. The quantitative estimate of drug-likeness (QED) is 0.852. The molecule has 0 aromatic heterocycles. The molecule has 0 unspecified atom stereocenters. The summed E-state index contributed by atoms with van der Waals surface area (Å²) < 4.78 is 0. The monoisotopic (exact) mass is 348 g/mol. The van der Waals surface area contributed by atoms with Crippen LogP contribution in [0.1, 0.15) is 24.0 Å². The molecule has 0 atom stereocenters. The van der Waals surface area contributed by atoms with Crippen LogP contribution >= 0.6 is 0 Å². The third-order valence-corrected chi connectivity index (χ3v) is 4.71. The minimum Gasteiger partial charge on any atom is -0.339 e. The summed E-state index contributed by atoms with van der Waals surface area (Å²) in [5.41, 5.74) is 3.03. The molecule has 0 spiro atoms. The molecule has 4 nitrogen and oxygen atoms in total. The number of piperidine rings is 1. The van der Waals surface area contributed by atoms with Crippen molar-refractivity contribution in [1.29, 1.82) is 0 Å². The zero-order chi connectivity index (χ0) is 18.4. The Bertz CT molecular complexity index is 774. The molecule has 1 aliphatic rings. The molecule has 134 valence electrons. The van der Waals surface area contributed by atoms with Gasteiger partial charge in [0.05, 0.1) is 0 Å². The van der Waals surface area contributed by atoms with Crippen molar-refractivity contribution < 1.29 is 9.59 Å². The number of carbonyl (C=O) groups is 2. The number of aryl methyl sites for hydroxylation is 1. The average Bonchev–Trinajstić information content (AvgIpc) is 2.68. The van der Waals surface area contributed by atoms with E-state index in [0.29, 0.717) is 25.9 Å². The van der Waals surface area contributed by atoms with Crippen molar-refractivity contribution in [3.05, 3.63) is 71.8 Å². The molecule has 26 heavy (non-hydrogen) atoms. The fraction of sp³-hybridized carbons (Fsp3) is 0.273. The topological polar surface area (TPSA) is 49.4 Å². The van der Waals surface area contributed by atoms with Gasteiger partial charge in [0, 0.05) is 30.8 Å². The predicted molar refractivity (Wildman–Crippen MR) is 105 cm³/mol. The molecule has 3 rings (SSSR count). The van der Waals surface area contributed by atoms with Gasteiger partial charge in [0.2, 0.25) is 11.8 Å². The average molecular weight is 348 g/mol. The van der Waals surface area contributed by atoms with Crippen LogP contribution in [0.3, 0.4) is 0 Å². The highest BCUT2D eigenvalue weighted by Crippen LogP contribution is 2.20. The van der Waals surface area contributed by atoms with Crippen molar-refractivity contribution in [3.8, 4) is 0 Å². The number of benzene rings is 2. The van der Waals surface area contributed by atoms with Crippen molar-refractivity contribution in [2.24, 2.45) is 5.92 Å². The van der Waals surface area contributed by atoms with Gasteiger partial charge in [-0.15, -0.1) is 0 Å². The first kappa shape index (κ1) is 17.9. The third kappa shape index (κ3) is 4.82. The number of amides is 2. The first-order valence-electron chi connectivity index (χ1n) is 9.01. The molecule has 0 aliphatic carbocycles. The van der Waals surface area contributed by atoms with E-state index in [-0.39, 0.29) is 17.7 Å². The second-order valence-corrected chi connectivity index (χ2v) is 6.70. The van der Waals surface area contributed by atoms with Crippen LogP contribution in [0.15, 0.2) is 60.7 Å². The molecule has 2 amide bonds. The van der Waals surface area contributed by atoms with E-state index in [1.807, 2.05) is 72.5 Å². The van der Waals surface area contributed by atoms with Gasteiger partial charge in [-0.05, 0) is 43.5 Å². The Morgan fingerprint density at radius 1 is 1.00 bits per heavy atom. The summed E-state index contributed by atoms with van der Waals surface area (Å²) in [5, 5.41) is 2.95. The molecule has 0 bridgehead atoms. The number of carbonyl (C=O) groups excluding carboxylic acids is 2. The molecule has 1 N–H and O–H groups in total. The molecule has 0 radical (unpaired) electrons. The zero-order valence-electron chi connectivity index (χ0n) is 15.0. The fourth-order valence-corrected chi connectivity index (χ4v) is 3.08. The second kappa shape index (κ2) is 8.48. The van der Waals surface area contributed by atoms with Crippen LogP contribution in [0.4, 0.5) is 5.69 Å². The molecule has 1 heterocycles. The van der Waals surface area contributed by atoms with Gasteiger partial charge >= 0.3 is 0 Å². The number of hydrogen-bond donors (Lipinski definition) is 1. The van der Waals surface area contributed by atoms with E-state index < -0.39 is 0 Å². The highest BCUT2D eigenvalue weighted by molar-refractivity contribution is 5.94. The number of likely N-dealkylation sites (tertiary alicyclic amines) is 1. The van der Waals surface area contributed by atoms with E-state index in [9.17, 15) is 9.59 Å². The minimum atomic E-state index is -0.0414. The van der Waals surface area contributed by atoms with Gasteiger partial charge in [-0.2, -0.15) is 0 Å². The van der Waals surface area contributed by atoms with E-state index in [4.69, 9.17) is 0 Å². The van der Waals surface area contributed by atoms with E-state index in [2.05, 4.69) is 5.32 Å². The van der Waals surface area contributed by atoms with Crippen molar-refractivity contribution in [1.82, 2.24) is 4.90 Å². The normalized spacial score (nSPS) is 15.2. The molecule has 0 saturated carbocycles. The number of nitrogens with zero attached hydrogens (tertiary/aromatic N) is 1. The molecule has 1 fully saturated rings. The number of anilines is 1. The number of para-hydroxylation sites is 1. The lowest BCUT2D eigenvalue weighted by Gasteiger charge is -2.30. The van der Waals surface area contributed by atoms with Crippen LogP contribution < -0.4 is 5.32 Å². The summed E-state index contributed by atoms with van der Waals surface area (Å²) in [6.07, 6.45) is 4.86. The van der Waals surface area contributed by atoms with Gasteiger partial charge in [-0.1, -0.05) is 48.0 Å². The van der Waals surface area contributed by atoms with Crippen LogP contribution in [-0.4, -0.2) is 29.8 Å². The maximum Gasteiger partial charge on any atom is 0.246 e. The van der Waals surface area contributed by atoms with Crippen molar-refractivity contribution in [2.45, 2.75) is 19.8 Å². The Hall–Kier alpha value is -2.88. The summed E-state index contributed by atoms with van der Waals surface area (Å²) in [7, 11) is 0. The van der Waals surface area contributed by atoms with Crippen LogP contribution in [0.25, 0.3) is 6.08 Å². The van der Waals surface area contributed by atoms with E-state index in [0.717, 1.165) is 11.3 Å². The van der Waals surface area contributed by atoms with Gasteiger partial charge in [0.1, 0.15) is 0 Å². The molecule has 1 saturated heterocycles. The highest BCUT2D eigenvalue weighted by atomic mass is 16.2. The SMILES string of the molecule is Cc1ccc(/C=C/C(=O)N2CCC(C(=O)Nc3ccccc3)CC2)cc1.